The van der Waals surface area contributed by atoms with Crippen molar-refractivity contribution in [3.63, 3.8) is 0 Å². The molecule has 116 valence electrons. The largest absolute Gasteiger partial charge is 0.483 e. The van der Waals surface area contributed by atoms with Gasteiger partial charge in [-0.3, -0.25) is 4.79 Å². The average molecular weight is 362 g/mol. The van der Waals surface area contributed by atoms with Crippen LogP contribution in [0.25, 0.3) is 0 Å². The monoisotopic (exact) mass is 361 g/mol. The molecule has 0 unspecified atom stereocenters. The van der Waals surface area contributed by atoms with E-state index in [0.717, 1.165) is 16.6 Å². The number of hydrogen-bond donors (Lipinski definition) is 1. The summed E-state index contributed by atoms with van der Waals surface area (Å²) < 4.78 is 6.33. The van der Waals surface area contributed by atoms with E-state index in [2.05, 4.69) is 47.2 Å². The third-order valence-corrected chi connectivity index (χ3v) is 4.23. The van der Waals surface area contributed by atoms with Gasteiger partial charge >= 0.3 is 0 Å². The summed E-state index contributed by atoms with van der Waals surface area (Å²) in [6, 6.07) is 15.4. The molecule has 4 heteroatoms. The molecule has 2 rings (SSSR count). The molecule has 0 heterocycles. The number of carbonyl (C=O) groups excluding carboxylic acids is 1. The molecular weight excluding hydrogens is 342 g/mol. The number of nitrogens with one attached hydrogen (secondary N) is 1. The highest BCUT2D eigenvalue weighted by Gasteiger charge is 2.07. The normalized spacial score (nSPS) is 11.8. The second kappa shape index (κ2) is 7.99. The minimum Gasteiger partial charge on any atom is -0.483 e. The van der Waals surface area contributed by atoms with E-state index in [0.29, 0.717) is 11.7 Å². The van der Waals surface area contributed by atoms with Gasteiger partial charge in [0.05, 0.1) is 4.47 Å². The van der Waals surface area contributed by atoms with Crippen LogP contribution in [0.3, 0.4) is 0 Å². The number of ether oxygens (including phenoxy) is 1. The fourth-order valence-electron chi connectivity index (χ4n) is 2.03. The van der Waals surface area contributed by atoms with E-state index < -0.39 is 0 Å². The van der Waals surface area contributed by atoms with Crippen LogP contribution in [0, 0.1) is 0 Å². The maximum atomic E-state index is 11.9. The highest BCUT2D eigenvalue weighted by atomic mass is 79.9. The molecule has 0 saturated carbocycles. The number of rotatable bonds is 6. The Hall–Kier alpha value is -1.81. The average Bonchev–Trinajstić information content (AvgIpc) is 2.54. The third kappa shape index (κ3) is 4.60. The zero-order valence-electron chi connectivity index (χ0n) is 12.8. The molecule has 2 aromatic rings. The number of hydrogen-bond acceptors (Lipinski definition) is 2. The number of amides is 1. The topological polar surface area (TPSA) is 38.3 Å². The summed E-state index contributed by atoms with van der Waals surface area (Å²) in [5.74, 6) is 1.01. The van der Waals surface area contributed by atoms with Crippen LogP contribution in [0.1, 0.15) is 31.7 Å². The molecule has 0 aromatic heterocycles. The smallest absolute Gasteiger partial charge is 0.262 e. The van der Waals surface area contributed by atoms with Crippen LogP contribution in [-0.4, -0.2) is 12.5 Å². The summed E-state index contributed by atoms with van der Waals surface area (Å²) in [5, 5.41) is 2.84. The van der Waals surface area contributed by atoms with E-state index >= 15 is 0 Å². The predicted octanol–water partition coefficient (Wildman–Crippen LogP) is 4.98. The molecule has 1 N–H and O–H groups in total. The van der Waals surface area contributed by atoms with Crippen molar-refractivity contribution in [2.75, 3.05) is 11.9 Å². The van der Waals surface area contributed by atoms with E-state index in [4.69, 9.17) is 4.74 Å². The quantitative estimate of drug-likeness (QED) is 0.787. The van der Waals surface area contributed by atoms with E-state index in [1.807, 2.05) is 36.4 Å². The Morgan fingerprint density at radius 3 is 2.50 bits per heavy atom. The Morgan fingerprint density at radius 1 is 1.18 bits per heavy atom. The van der Waals surface area contributed by atoms with Gasteiger partial charge in [-0.2, -0.15) is 0 Å². The van der Waals surface area contributed by atoms with E-state index in [-0.39, 0.29) is 12.5 Å². The minimum atomic E-state index is -0.174. The van der Waals surface area contributed by atoms with Crippen LogP contribution >= 0.6 is 15.9 Å². The molecule has 0 fully saturated rings. The first kappa shape index (κ1) is 16.6. The van der Waals surface area contributed by atoms with Crippen LogP contribution in [0.4, 0.5) is 5.69 Å². The molecular formula is C18H20BrNO2. The number of benzene rings is 2. The Labute approximate surface area is 139 Å². The molecule has 0 bridgehead atoms. The molecule has 1 amide bonds. The summed E-state index contributed by atoms with van der Waals surface area (Å²) >= 11 is 3.38. The molecule has 2 aromatic carbocycles. The van der Waals surface area contributed by atoms with Gasteiger partial charge in [0.2, 0.25) is 0 Å². The Balaban J connectivity index is 1.88. The van der Waals surface area contributed by atoms with Crippen LogP contribution in [0.15, 0.2) is 53.0 Å². The van der Waals surface area contributed by atoms with Crippen molar-refractivity contribution < 1.29 is 9.53 Å². The lowest BCUT2D eigenvalue weighted by Crippen LogP contribution is -2.20. The molecule has 1 atom stereocenters. The van der Waals surface area contributed by atoms with Crippen molar-refractivity contribution in [1.29, 1.82) is 0 Å². The lowest BCUT2D eigenvalue weighted by molar-refractivity contribution is -0.118. The van der Waals surface area contributed by atoms with Gasteiger partial charge in [0.15, 0.2) is 6.61 Å². The molecule has 3 nitrogen and oxygen atoms in total. The second-order valence-electron chi connectivity index (χ2n) is 5.20. The van der Waals surface area contributed by atoms with Crippen molar-refractivity contribution in [2.45, 2.75) is 26.2 Å². The summed E-state index contributed by atoms with van der Waals surface area (Å²) in [6.07, 6.45) is 1.10. The zero-order valence-corrected chi connectivity index (χ0v) is 14.4. The first-order valence-corrected chi connectivity index (χ1v) is 8.16. The van der Waals surface area contributed by atoms with Crippen molar-refractivity contribution in [3.05, 3.63) is 58.6 Å². The first-order chi connectivity index (χ1) is 10.6. The molecule has 0 aliphatic heterocycles. The van der Waals surface area contributed by atoms with Crippen molar-refractivity contribution in [1.82, 2.24) is 0 Å². The van der Waals surface area contributed by atoms with Gasteiger partial charge in [-0.1, -0.05) is 38.1 Å². The first-order valence-electron chi connectivity index (χ1n) is 7.37. The molecule has 0 saturated heterocycles. The summed E-state index contributed by atoms with van der Waals surface area (Å²) in [4.78, 5) is 11.9. The number of anilines is 1. The number of carbonyl (C=O) groups is 1. The van der Waals surface area contributed by atoms with E-state index in [9.17, 15) is 4.79 Å². The Bertz CT molecular complexity index is 625. The zero-order chi connectivity index (χ0) is 15.9. The standard InChI is InChI=1S/C18H20BrNO2/c1-3-13(2)14-8-10-15(11-9-14)20-18(21)12-22-17-7-5-4-6-16(17)19/h4-11,13H,3,12H2,1-2H3,(H,20,21)/t13-/m0/s1. The van der Waals surface area contributed by atoms with E-state index in [1.54, 1.807) is 0 Å². The second-order valence-corrected chi connectivity index (χ2v) is 6.05. The Morgan fingerprint density at radius 2 is 1.86 bits per heavy atom. The van der Waals surface area contributed by atoms with Crippen molar-refractivity contribution in [2.24, 2.45) is 0 Å². The van der Waals surface area contributed by atoms with Gasteiger partial charge in [0, 0.05) is 5.69 Å². The lowest BCUT2D eigenvalue weighted by Gasteiger charge is -2.11. The summed E-state index contributed by atoms with van der Waals surface area (Å²) in [7, 11) is 0. The predicted molar refractivity (Wildman–Crippen MR) is 93.4 cm³/mol. The fraction of sp³-hybridized carbons (Fsp3) is 0.278. The summed E-state index contributed by atoms with van der Waals surface area (Å²) in [5.41, 5.74) is 2.07. The minimum absolute atomic E-state index is 0.0181. The molecule has 0 aliphatic carbocycles. The highest BCUT2D eigenvalue weighted by molar-refractivity contribution is 9.10. The van der Waals surface area contributed by atoms with Gasteiger partial charge in [0.1, 0.15) is 5.75 Å². The molecule has 0 aliphatic rings. The van der Waals surface area contributed by atoms with Gasteiger partial charge < -0.3 is 10.1 Å². The lowest BCUT2D eigenvalue weighted by atomic mass is 9.99. The van der Waals surface area contributed by atoms with Gasteiger partial charge in [0.25, 0.3) is 5.91 Å². The molecule has 0 spiro atoms. The van der Waals surface area contributed by atoms with Gasteiger partial charge in [-0.25, -0.2) is 0 Å². The molecule has 22 heavy (non-hydrogen) atoms. The third-order valence-electron chi connectivity index (χ3n) is 3.57. The Kier molecular flexibility index (Phi) is 6.01. The van der Waals surface area contributed by atoms with Gasteiger partial charge in [-0.05, 0) is 58.1 Å². The molecule has 0 radical (unpaired) electrons. The van der Waals surface area contributed by atoms with Crippen LogP contribution in [0.2, 0.25) is 0 Å². The number of halogens is 1. The summed E-state index contributed by atoms with van der Waals surface area (Å²) in [6.45, 7) is 4.34. The van der Waals surface area contributed by atoms with Crippen LogP contribution in [0.5, 0.6) is 5.75 Å². The maximum absolute atomic E-state index is 11.9. The van der Waals surface area contributed by atoms with Gasteiger partial charge in [-0.15, -0.1) is 0 Å². The maximum Gasteiger partial charge on any atom is 0.262 e. The highest BCUT2D eigenvalue weighted by Crippen LogP contribution is 2.24. The SMILES string of the molecule is CC[C@H](C)c1ccc(NC(=O)COc2ccccc2Br)cc1. The fourth-order valence-corrected chi connectivity index (χ4v) is 2.43. The van der Waals surface area contributed by atoms with E-state index in [1.165, 1.54) is 5.56 Å². The number of para-hydroxylation sites is 1. The van der Waals surface area contributed by atoms with Crippen LogP contribution < -0.4 is 10.1 Å². The van der Waals surface area contributed by atoms with Crippen molar-refractivity contribution >= 4 is 27.5 Å². The van der Waals surface area contributed by atoms with Crippen LogP contribution in [-0.2, 0) is 4.79 Å². The van der Waals surface area contributed by atoms with Crippen molar-refractivity contribution in [3.8, 4) is 5.75 Å².